The number of amides is 2. The first-order valence-corrected chi connectivity index (χ1v) is 7.18. The SMILES string of the molecule is Cc1ccc(Oc2ccccc2NC(=O)NCCCO)cc1. The summed E-state index contributed by atoms with van der Waals surface area (Å²) in [4.78, 5) is 11.8. The number of anilines is 1. The fourth-order valence-electron chi connectivity index (χ4n) is 1.84. The van der Waals surface area contributed by atoms with Crippen molar-refractivity contribution in [1.29, 1.82) is 0 Å². The Bertz CT molecular complexity index is 612. The third-order valence-corrected chi connectivity index (χ3v) is 3.00. The first-order chi connectivity index (χ1) is 10.7. The smallest absolute Gasteiger partial charge is 0.319 e. The van der Waals surface area contributed by atoms with E-state index in [0.717, 1.165) is 5.56 Å². The highest BCUT2D eigenvalue weighted by atomic mass is 16.5. The second-order valence-electron chi connectivity index (χ2n) is 4.87. The molecule has 0 radical (unpaired) electrons. The van der Waals surface area contributed by atoms with E-state index in [-0.39, 0.29) is 12.6 Å². The normalized spacial score (nSPS) is 10.1. The minimum atomic E-state index is -0.326. The minimum absolute atomic E-state index is 0.0490. The van der Waals surface area contributed by atoms with Crippen LogP contribution >= 0.6 is 0 Å². The lowest BCUT2D eigenvalue weighted by molar-refractivity contribution is 0.248. The molecule has 5 heteroatoms. The number of aliphatic hydroxyl groups excluding tert-OH is 1. The van der Waals surface area contributed by atoms with Gasteiger partial charge in [-0.1, -0.05) is 29.8 Å². The fraction of sp³-hybridized carbons (Fsp3) is 0.235. The van der Waals surface area contributed by atoms with Crippen molar-refractivity contribution in [1.82, 2.24) is 5.32 Å². The van der Waals surface area contributed by atoms with Gasteiger partial charge < -0.3 is 20.5 Å². The van der Waals surface area contributed by atoms with Crippen LogP contribution in [0.5, 0.6) is 11.5 Å². The molecule has 0 fully saturated rings. The van der Waals surface area contributed by atoms with Crippen LogP contribution in [0.15, 0.2) is 48.5 Å². The van der Waals surface area contributed by atoms with Crippen molar-refractivity contribution in [3.63, 3.8) is 0 Å². The molecule has 0 bridgehead atoms. The first kappa shape index (κ1) is 15.9. The molecule has 22 heavy (non-hydrogen) atoms. The van der Waals surface area contributed by atoms with Gasteiger partial charge in [0.2, 0.25) is 0 Å². The van der Waals surface area contributed by atoms with Gasteiger partial charge in [0.1, 0.15) is 5.75 Å². The first-order valence-electron chi connectivity index (χ1n) is 7.18. The number of ether oxygens (including phenoxy) is 1. The number of benzene rings is 2. The monoisotopic (exact) mass is 300 g/mol. The van der Waals surface area contributed by atoms with Crippen LogP contribution in [-0.4, -0.2) is 24.3 Å². The highest BCUT2D eigenvalue weighted by Gasteiger charge is 2.07. The molecule has 0 saturated heterocycles. The summed E-state index contributed by atoms with van der Waals surface area (Å²) in [6, 6.07) is 14.6. The maximum absolute atomic E-state index is 11.8. The van der Waals surface area contributed by atoms with Gasteiger partial charge in [0, 0.05) is 13.2 Å². The maximum atomic E-state index is 11.8. The number of aryl methyl sites for hydroxylation is 1. The summed E-state index contributed by atoms with van der Waals surface area (Å²) in [5, 5.41) is 14.1. The number of rotatable bonds is 6. The van der Waals surface area contributed by atoms with Crippen molar-refractivity contribution in [3.05, 3.63) is 54.1 Å². The lowest BCUT2D eigenvalue weighted by atomic mass is 10.2. The van der Waals surface area contributed by atoms with E-state index in [1.165, 1.54) is 0 Å². The molecule has 2 aromatic carbocycles. The summed E-state index contributed by atoms with van der Waals surface area (Å²) >= 11 is 0. The van der Waals surface area contributed by atoms with Crippen LogP contribution in [0.3, 0.4) is 0 Å². The van der Waals surface area contributed by atoms with Crippen molar-refractivity contribution in [2.24, 2.45) is 0 Å². The van der Waals surface area contributed by atoms with E-state index < -0.39 is 0 Å². The van der Waals surface area contributed by atoms with E-state index in [1.54, 1.807) is 12.1 Å². The van der Waals surface area contributed by atoms with Crippen LogP contribution in [0.25, 0.3) is 0 Å². The lowest BCUT2D eigenvalue weighted by Crippen LogP contribution is -2.30. The zero-order valence-corrected chi connectivity index (χ0v) is 12.5. The second kappa shape index (κ2) is 8.05. The van der Waals surface area contributed by atoms with Crippen molar-refractivity contribution < 1.29 is 14.6 Å². The lowest BCUT2D eigenvalue weighted by Gasteiger charge is -2.13. The number of aliphatic hydroxyl groups is 1. The molecule has 3 N–H and O–H groups in total. The highest BCUT2D eigenvalue weighted by Crippen LogP contribution is 2.29. The van der Waals surface area contributed by atoms with E-state index in [9.17, 15) is 4.79 Å². The number of urea groups is 1. The number of para-hydroxylation sites is 2. The summed E-state index contributed by atoms with van der Waals surface area (Å²) < 4.78 is 5.81. The predicted octanol–water partition coefficient (Wildman–Crippen LogP) is 3.29. The summed E-state index contributed by atoms with van der Waals surface area (Å²) in [7, 11) is 0. The standard InChI is InChI=1S/C17H20N2O3/c1-13-7-9-14(10-8-13)22-16-6-3-2-5-15(16)19-17(21)18-11-4-12-20/h2-3,5-10,20H,4,11-12H2,1H3,(H2,18,19,21). The molecule has 0 heterocycles. The Morgan fingerprint density at radius 2 is 1.86 bits per heavy atom. The topological polar surface area (TPSA) is 70.6 Å². The number of nitrogens with one attached hydrogen (secondary N) is 2. The van der Waals surface area contributed by atoms with Crippen molar-refractivity contribution in [2.75, 3.05) is 18.5 Å². The molecule has 5 nitrogen and oxygen atoms in total. The van der Waals surface area contributed by atoms with E-state index in [2.05, 4.69) is 10.6 Å². The second-order valence-corrected chi connectivity index (χ2v) is 4.87. The largest absolute Gasteiger partial charge is 0.455 e. The predicted molar refractivity (Wildman–Crippen MR) is 86.4 cm³/mol. The Morgan fingerprint density at radius 1 is 1.14 bits per heavy atom. The maximum Gasteiger partial charge on any atom is 0.319 e. The average molecular weight is 300 g/mol. The minimum Gasteiger partial charge on any atom is -0.455 e. The molecule has 0 atom stereocenters. The van der Waals surface area contributed by atoms with Crippen molar-refractivity contribution in [3.8, 4) is 11.5 Å². The molecular weight excluding hydrogens is 280 g/mol. The van der Waals surface area contributed by atoms with Crippen LogP contribution in [0.2, 0.25) is 0 Å². The molecule has 0 aliphatic heterocycles. The molecule has 0 aliphatic rings. The third kappa shape index (κ3) is 4.79. The van der Waals surface area contributed by atoms with Gasteiger partial charge in [0.05, 0.1) is 5.69 Å². The molecule has 0 aliphatic carbocycles. The van der Waals surface area contributed by atoms with Crippen LogP contribution in [0.1, 0.15) is 12.0 Å². The Kier molecular flexibility index (Phi) is 5.80. The molecule has 0 spiro atoms. The summed E-state index contributed by atoms with van der Waals surface area (Å²) in [6.45, 7) is 2.48. The fourth-order valence-corrected chi connectivity index (χ4v) is 1.84. The number of carbonyl (C=O) groups excluding carboxylic acids is 1. The molecule has 2 aromatic rings. The van der Waals surface area contributed by atoms with Gasteiger partial charge in [0.25, 0.3) is 0 Å². The van der Waals surface area contributed by atoms with Gasteiger partial charge in [-0.05, 0) is 37.6 Å². The molecule has 116 valence electrons. The van der Waals surface area contributed by atoms with Gasteiger partial charge >= 0.3 is 6.03 Å². The Balaban J connectivity index is 2.03. The summed E-state index contributed by atoms with van der Waals surface area (Å²) in [5.41, 5.74) is 1.74. The molecule has 0 saturated carbocycles. The number of carbonyl (C=O) groups is 1. The van der Waals surface area contributed by atoms with Crippen molar-refractivity contribution >= 4 is 11.7 Å². The summed E-state index contributed by atoms with van der Waals surface area (Å²) in [6.07, 6.45) is 0.523. The van der Waals surface area contributed by atoms with Gasteiger partial charge in [-0.2, -0.15) is 0 Å². The van der Waals surface area contributed by atoms with Gasteiger partial charge in [-0.25, -0.2) is 4.79 Å². The van der Waals surface area contributed by atoms with Crippen molar-refractivity contribution in [2.45, 2.75) is 13.3 Å². The Labute approximate surface area is 129 Å². The quantitative estimate of drug-likeness (QED) is 0.717. The van der Waals surface area contributed by atoms with E-state index >= 15 is 0 Å². The van der Waals surface area contributed by atoms with E-state index in [0.29, 0.717) is 30.2 Å². The Hall–Kier alpha value is -2.53. The van der Waals surface area contributed by atoms with Gasteiger partial charge in [-0.3, -0.25) is 0 Å². The highest BCUT2D eigenvalue weighted by molar-refractivity contribution is 5.90. The molecule has 2 rings (SSSR count). The van der Waals surface area contributed by atoms with E-state index in [4.69, 9.17) is 9.84 Å². The molecule has 0 aromatic heterocycles. The zero-order chi connectivity index (χ0) is 15.8. The average Bonchev–Trinajstić information content (AvgIpc) is 2.52. The van der Waals surface area contributed by atoms with Crippen LogP contribution < -0.4 is 15.4 Å². The number of hydrogen-bond acceptors (Lipinski definition) is 3. The van der Waals surface area contributed by atoms with E-state index in [1.807, 2.05) is 43.3 Å². The molecule has 2 amide bonds. The Morgan fingerprint density at radius 3 is 2.59 bits per heavy atom. The summed E-state index contributed by atoms with van der Waals surface area (Å²) in [5.74, 6) is 1.28. The zero-order valence-electron chi connectivity index (χ0n) is 12.5. The van der Waals surface area contributed by atoms with Gasteiger partial charge in [-0.15, -0.1) is 0 Å². The third-order valence-electron chi connectivity index (χ3n) is 3.00. The number of hydrogen-bond donors (Lipinski definition) is 3. The van der Waals surface area contributed by atoms with Gasteiger partial charge in [0.15, 0.2) is 5.75 Å². The van der Waals surface area contributed by atoms with Crippen LogP contribution in [-0.2, 0) is 0 Å². The van der Waals surface area contributed by atoms with Crippen LogP contribution in [0.4, 0.5) is 10.5 Å². The molecular formula is C17H20N2O3. The molecule has 0 unspecified atom stereocenters. The van der Waals surface area contributed by atoms with Crippen LogP contribution in [0, 0.1) is 6.92 Å².